The molecule has 0 saturated heterocycles. The van der Waals surface area contributed by atoms with E-state index >= 15 is 0 Å². The minimum Gasteiger partial charge on any atom is -0.550 e. The molecule has 0 aliphatic carbocycles. The van der Waals surface area contributed by atoms with Gasteiger partial charge in [-0.1, -0.05) is 0 Å². The first-order valence-corrected chi connectivity index (χ1v) is 8.57. The topological polar surface area (TPSA) is 141 Å². The summed E-state index contributed by atoms with van der Waals surface area (Å²) in [5.74, 6) is -1.87. The first-order chi connectivity index (χ1) is 13.3. The number of ether oxygens (including phenoxy) is 2. The Morgan fingerprint density at radius 2 is 1.82 bits per heavy atom. The van der Waals surface area contributed by atoms with Crippen LogP contribution in [-0.2, 0) is 9.59 Å². The maximum Gasteiger partial charge on any atom is 0.255 e. The zero-order valence-electron chi connectivity index (χ0n) is 15.0. The molecule has 3 rings (SSSR count). The summed E-state index contributed by atoms with van der Waals surface area (Å²) < 4.78 is 16.6. The van der Waals surface area contributed by atoms with Crippen LogP contribution in [0.4, 0.5) is 0 Å². The Bertz CT molecular complexity index is 917. The lowest BCUT2D eigenvalue weighted by Crippen LogP contribution is -2.48. The first-order valence-electron chi connectivity index (χ1n) is 8.57. The molecule has 0 bridgehead atoms. The number of hydrogen-bond acceptors (Lipinski definition) is 8. The lowest BCUT2D eigenvalue weighted by Gasteiger charge is -2.19. The maximum absolute atomic E-state index is 12.4. The Morgan fingerprint density at radius 3 is 2.50 bits per heavy atom. The monoisotopic (exact) mass is 387 g/mol. The Balaban J connectivity index is 1.78. The second-order valence-corrected chi connectivity index (χ2v) is 6.19. The van der Waals surface area contributed by atoms with Crippen molar-refractivity contribution < 1.29 is 38.5 Å². The van der Waals surface area contributed by atoms with Crippen molar-refractivity contribution in [3.8, 4) is 22.8 Å². The molecule has 1 aromatic heterocycles. The minimum absolute atomic E-state index is 0.129. The summed E-state index contributed by atoms with van der Waals surface area (Å²) in [6, 6.07) is 5.21. The van der Waals surface area contributed by atoms with Crippen molar-refractivity contribution in [1.82, 2.24) is 5.32 Å². The number of carboxylic acid groups (broad SMARTS) is 2. The van der Waals surface area contributed by atoms with E-state index in [0.717, 1.165) is 0 Å². The highest BCUT2D eigenvalue weighted by molar-refractivity contribution is 5.98. The third-order valence-electron chi connectivity index (χ3n) is 4.22. The largest absolute Gasteiger partial charge is 0.550 e. The molecule has 0 fully saturated rings. The second-order valence-electron chi connectivity index (χ2n) is 6.19. The molecule has 2 aromatic rings. The Morgan fingerprint density at radius 1 is 1.11 bits per heavy atom. The summed E-state index contributed by atoms with van der Waals surface area (Å²) in [5, 5.41) is 23.9. The number of carbonyl (C=O) groups excluding carboxylic acids is 3. The van der Waals surface area contributed by atoms with Crippen LogP contribution in [0.2, 0.25) is 0 Å². The van der Waals surface area contributed by atoms with E-state index in [0.29, 0.717) is 36.0 Å². The fourth-order valence-electron chi connectivity index (χ4n) is 2.79. The van der Waals surface area contributed by atoms with Crippen LogP contribution in [-0.4, -0.2) is 37.1 Å². The molecule has 1 aliphatic rings. The van der Waals surface area contributed by atoms with E-state index in [-0.39, 0.29) is 17.7 Å². The summed E-state index contributed by atoms with van der Waals surface area (Å²) in [5.41, 5.74) is 0.782. The summed E-state index contributed by atoms with van der Waals surface area (Å²) in [4.78, 5) is 34.1. The van der Waals surface area contributed by atoms with Crippen LogP contribution in [0.1, 0.15) is 29.0 Å². The SMILES string of the molecule is Cc1oc(-c2ccc3c(c2)OCCO3)cc1C(=O)N[C@H](CCC(=O)[O-])C(=O)[O-]. The average molecular weight is 387 g/mol. The number of aliphatic carboxylic acids is 2. The van der Waals surface area contributed by atoms with Gasteiger partial charge in [0, 0.05) is 11.5 Å². The van der Waals surface area contributed by atoms with Crippen LogP contribution in [0.3, 0.4) is 0 Å². The number of fused-ring (bicyclic) bond motifs is 1. The third-order valence-corrected chi connectivity index (χ3v) is 4.22. The van der Waals surface area contributed by atoms with E-state index in [1.54, 1.807) is 25.1 Å². The number of aryl methyl sites for hydroxylation is 1. The average Bonchev–Trinajstić information content (AvgIpc) is 3.06. The number of carbonyl (C=O) groups is 3. The van der Waals surface area contributed by atoms with Gasteiger partial charge in [0.1, 0.15) is 24.7 Å². The van der Waals surface area contributed by atoms with Gasteiger partial charge in [-0.2, -0.15) is 0 Å². The van der Waals surface area contributed by atoms with Gasteiger partial charge < -0.3 is 39.0 Å². The van der Waals surface area contributed by atoms with Crippen LogP contribution in [0.5, 0.6) is 11.5 Å². The molecule has 0 saturated carbocycles. The summed E-state index contributed by atoms with van der Waals surface area (Å²) in [6.45, 7) is 2.46. The van der Waals surface area contributed by atoms with E-state index in [2.05, 4.69) is 5.32 Å². The molecule has 1 atom stereocenters. The molecule has 9 nitrogen and oxygen atoms in total. The highest BCUT2D eigenvalue weighted by Crippen LogP contribution is 2.35. The second kappa shape index (κ2) is 8.03. The van der Waals surface area contributed by atoms with Crippen molar-refractivity contribution in [2.24, 2.45) is 0 Å². The zero-order chi connectivity index (χ0) is 20.3. The lowest BCUT2D eigenvalue weighted by molar-refractivity contribution is -0.309. The molecular weight excluding hydrogens is 370 g/mol. The van der Waals surface area contributed by atoms with E-state index in [4.69, 9.17) is 13.9 Å². The molecule has 148 valence electrons. The predicted molar refractivity (Wildman–Crippen MR) is 90.4 cm³/mol. The maximum atomic E-state index is 12.4. The number of carboxylic acids is 2. The number of amides is 1. The molecule has 1 amide bonds. The van der Waals surface area contributed by atoms with Gasteiger partial charge in [-0.3, -0.25) is 4.79 Å². The van der Waals surface area contributed by atoms with Crippen molar-refractivity contribution >= 4 is 17.8 Å². The van der Waals surface area contributed by atoms with E-state index in [1.165, 1.54) is 6.07 Å². The Kier molecular flexibility index (Phi) is 5.53. The summed E-state index contributed by atoms with van der Waals surface area (Å²) in [6.07, 6.45) is -0.867. The lowest BCUT2D eigenvalue weighted by atomic mass is 10.1. The minimum atomic E-state index is -1.58. The molecule has 1 N–H and O–H groups in total. The number of benzene rings is 1. The van der Waals surface area contributed by atoms with Crippen molar-refractivity contribution in [3.63, 3.8) is 0 Å². The van der Waals surface area contributed by atoms with Crippen LogP contribution >= 0.6 is 0 Å². The molecular formula is C19H17NO8-2. The van der Waals surface area contributed by atoms with Gasteiger partial charge in [-0.05, 0) is 44.0 Å². The fourth-order valence-corrected chi connectivity index (χ4v) is 2.79. The van der Waals surface area contributed by atoms with Gasteiger partial charge in [0.15, 0.2) is 11.5 Å². The van der Waals surface area contributed by atoms with Gasteiger partial charge in [0.25, 0.3) is 5.91 Å². The van der Waals surface area contributed by atoms with Crippen LogP contribution in [0, 0.1) is 6.92 Å². The molecule has 1 aliphatic heterocycles. The van der Waals surface area contributed by atoms with Crippen LogP contribution < -0.4 is 25.0 Å². The molecule has 28 heavy (non-hydrogen) atoms. The van der Waals surface area contributed by atoms with Gasteiger partial charge in [-0.15, -0.1) is 0 Å². The van der Waals surface area contributed by atoms with Crippen molar-refractivity contribution in [3.05, 3.63) is 35.6 Å². The Hall–Kier alpha value is -3.49. The molecule has 2 heterocycles. The van der Waals surface area contributed by atoms with E-state index in [1.807, 2.05) is 0 Å². The Labute approximate surface area is 159 Å². The molecule has 1 aromatic carbocycles. The number of rotatable bonds is 7. The van der Waals surface area contributed by atoms with Crippen LogP contribution in [0.15, 0.2) is 28.7 Å². The molecule has 0 radical (unpaired) electrons. The highest BCUT2D eigenvalue weighted by Gasteiger charge is 2.21. The van der Waals surface area contributed by atoms with Crippen LogP contribution in [0.25, 0.3) is 11.3 Å². The quantitative estimate of drug-likeness (QED) is 0.664. The van der Waals surface area contributed by atoms with Crippen molar-refractivity contribution in [2.45, 2.75) is 25.8 Å². The van der Waals surface area contributed by atoms with Crippen molar-refractivity contribution in [1.29, 1.82) is 0 Å². The number of nitrogens with one attached hydrogen (secondary N) is 1. The third kappa shape index (κ3) is 4.25. The fraction of sp³-hybridized carbons (Fsp3) is 0.316. The standard InChI is InChI=1S/C19H19NO8/c1-10-12(18(23)20-13(19(24)25)3-5-17(21)22)9-15(28-10)11-2-4-14-16(8-11)27-7-6-26-14/h2,4,8-9,13H,3,5-7H2,1H3,(H,20,23)(H,21,22)(H,24,25)/p-2/t13-/m1/s1. The normalized spacial score (nSPS) is 13.6. The molecule has 0 spiro atoms. The van der Waals surface area contributed by atoms with Gasteiger partial charge in [0.2, 0.25) is 0 Å². The van der Waals surface area contributed by atoms with Gasteiger partial charge in [-0.25, -0.2) is 0 Å². The van der Waals surface area contributed by atoms with Gasteiger partial charge >= 0.3 is 0 Å². The summed E-state index contributed by atoms with van der Waals surface area (Å²) in [7, 11) is 0. The van der Waals surface area contributed by atoms with E-state index in [9.17, 15) is 24.6 Å². The highest BCUT2D eigenvalue weighted by atomic mass is 16.6. The summed E-state index contributed by atoms with van der Waals surface area (Å²) >= 11 is 0. The van der Waals surface area contributed by atoms with Gasteiger partial charge in [0.05, 0.1) is 17.6 Å². The first kappa shape index (κ1) is 19.3. The zero-order valence-corrected chi connectivity index (χ0v) is 15.0. The molecule has 0 unspecified atom stereocenters. The number of furan rings is 1. The smallest absolute Gasteiger partial charge is 0.255 e. The predicted octanol–water partition coefficient (Wildman–Crippen LogP) is -0.595. The number of hydrogen-bond donors (Lipinski definition) is 1. The van der Waals surface area contributed by atoms with E-state index < -0.39 is 30.3 Å². The molecule has 9 heteroatoms. The van der Waals surface area contributed by atoms with Crippen molar-refractivity contribution in [2.75, 3.05) is 13.2 Å².